The van der Waals surface area contributed by atoms with Crippen molar-refractivity contribution in [3.05, 3.63) is 58.3 Å². The smallest absolute Gasteiger partial charge is 0.316 e. The standard InChI is InChI=1S/C17H19N5OS/c1-13-3-4-16(24-13)12-21-9-14-5-8-20-22(14)11-15(10-21)23-17-18-6-2-7-19-17/h2-8,15H,9-12H2,1H3. The molecule has 0 bridgehead atoms. The van der Waals surface area contributed by atoms with Gasteiger partial charge in [-0.15, -0.1) is 11.3 Å². The third-order valence-corrected chi connectivity index (χ3v) is 5.00. The Morgan fingerprint density at radius 3 is 2.83 bits per heavy atom. The molecule has 0 aromatic carbocycles. The van der Waals surface area contributed by atoms with Crippen LogP contribution in [-0.4, -0.2) is 37.3 Å². The van der Waals surface area contributed by atoms with Gasteiger partial charge in [0.05, 0.1) is 12.2 Å². The second kappa shape index (κ2) is 6.70. The summed E-state index contributed by atoms with van der Waals surface area (Å²) in [6.45, 7) is 5.45. The van der Waals surface area contributed by atoms with E-state index in [0.29, 0.717) is 12.6 Å². The van der Waals surface area contributed by atoms with Gasteiger partial charge < -0.3 is 4.74 Å². The number of rotatable bonds is 4. The first-order valence-corrected chi connectivity index (χ1v) is 8.80. The Balaban J connectivity index is 1.54. The minimum absolute atomic E-state index is 0.0328. The van der Waals surface area contributed by atoms with Gasteiger partial charge in [-0.25, -0.2) is 9.97 Å². The SMILES string of the molecule is Cc1ccc(CN2Cc3ccnn3CC(Oc3ncccn3)C2)s1. The van der Waals surface area contributed by atoms with E-state index in [1.54, 1.807) is 18.5 Å². The molecule has 1 atom stereocenters. The number of fused-ring (bicyclic) bond motifs is 1. The molecule has 6 nitrogen and oxygen atoms in total. The molecule has 0 N–H and O–H groups in total. The molecule has 0 amide bonds. The highest BCUT2D eigenvalue weighted by Crippen LogP contribution is 2.21. The first kappa shape index (κ1) is 15.3. The number of aryl methyl sites for hydroxylation is 1. The first-order chi connectivity index (χ1) is 11.8. The van der Waals surface area contributed by atoms with Crippen LogP contribution in [0, 0.1) is 6.92 Å². The molecule has 24 heavy (non-hydrogen) atoms. The van der Waals surface area contributed by atoms with Crippen molar-refractivity contribution in [3.8, 4) is 6.01 Å². The number of aromatic nitrogens is 4. The van der Waals surface area contributed by atoms with Crippen LogP contribution in [0.25, 0.3) is 0 Å². The lowest BCUT2D eigenvalue weighted by atomic mass is 10.3. The lowest BCUT2D eigenvalue weighted by Gasteiger charge is -2.23. The molecule has 1 unspecified atom stereocenters. The van der Waals surface area contributed by atoms with Gasteiger partial charge in [0, 0.05) is 48.0 Å². The molecule has 4 heterocycles. The van der Waals surface area contributed by atoms with Gasteiger partial charge >= 0.3 is 6.01 Å². The Kier molecular flexibility index (Phi) is 4.27. The van der Waals surface area contributed by atoms with Crippen LogP contribution in [0.1, 0.15) is 15.4 Å². The molecule has 0 saturated carbocycles. The molecule has 4 rings (SSSR count). The van der Waals surface area contributed by atoms with Crippen LogP contribution in [0.5, 0.6) is 6.01 Å². The van der Waals surface area contributed by atoms with E-state index in [-0.39, 0.29) is 6.10 Å². The lowest BCUT2D eigenvalue weighted by Crippen LogP contribution is -2.35. The molecule has 7 heteroatoms. The van der Waals surface area contributed by atoms with Crippen molar-refractivity contribution in [1.29, 1.82) is 0 Å². The topological polar surface area (TPSA) is 56.1 Å². The van der Waals surface area contributed by atoms with E-state index < -0.39 is 0 Å². The van der Waals surface area contributed by atoms with Crippen molar-refractivity contribution in [2.24, 2.45) is 0 Å². The number of hydrogen-bond donors (Lipinski definition) is 0. The molecule has 1 aliphatic rings. The highest BCUT2D eigenvalue weighted by Gasteiger charge is 2.24. The average molecular weight is 341 g/mol. The van der Waals surface area contributed by atoms with Gasteiger partial charge in [-0.1, -0.05) is 0 Å². The van der Waals surface area contributed by atoms with Crippen molar-refractivity contribution in [1.82, 2.24) is 24.6 Å². The highest BCUT2D eigenvalue weighted by molar-refractivity contribution is 7.11. The molecule has 3 aromatic heterocycles. The van der Waals surface area contributed by atoms with E-state index in [4.69, 9.17) is 4.74 Å². The average Bonchev–Trinajstić information content (AvgIpc) is 3.14. The van der Waals surface area contributed by atoms with Crippen LogP contribution in [-0.2, 0) is 19.6 Å². The summed E-state index contributed by atoms with van der Waals surface area (Å²) in [6, 6.07) is 8.67. The van der Waals surface area contributed by atoms with E-state index in [1.807, 2.05) is 22.2 Å². The predicted molar refractivity (Wildman–Crippen MR) is 91.8 cm³/mol. The van der Waals surface area contributed by atoms with Crippen LogP contribution < -0.4 is 4.74 Å². The van der Waals surface area contributed by atoms with E-state index in [2.05, 4.69) is 45.1 Å². The van der Waals surface area contributed by atoms with Gasteiger partial charge in [-0.2, -0.15) is 5.10 Å². The fourth-order valence-corrected chi connectivity index (χ4v) is 3.90. The van der Waals surface area contributed by atoms with Gasteiger partial charge in [0.25, 0.3) is 0 Å². The molecular formula is C17H19N5OS. The molecule has 0 saturated heterocycles. The second-order valence-electron chi connectivity index (χ2n) is 5.96. The normalized spacial score (nSPS) is 18.1. The lowest BCUT2D eigenvalue weighted by molar-refractivity contribution is 0.113. The maximum Gasteiger partial charge on any atom is 0.316 e. The number of nitrogens with zero attached hydrogens (tertiary/aromatic N) is 5. The van der Waals surface area contributed by atoms with Gasteiger partial charge in [0.2, 0.25) is 0 Å². The fraction of sp³-hybridized carbons (Fsp3) is 0.353. The minimum atomic E-state index is -0.0328. The van der Waals surface area contributed by atoms with Gasteiger partial charge in [0.15, 0.2) is 0 Å². The van der Waals surface area contributed by atoms with Crippen molar-refractivity contribution < 1.29 is 4.74 Å². The summed E-state index contributed by atoms with van der Waals surface area (Å²) in [5.74, 6) is 0. The number of thiophene rings is 1. The van der Waals surface area contributed by atoms with Crippen molar-refractivity contribution in [2.45, 2.75) is 32.7 Å². The predicted octanol–water partition coefficient (Wildman–Crippen LogP) is 2.51. The highest BCUT2D eigenvalue weighted by atomic mass is 32.1. The summed E-state index contributed by atoms with van der Waals surface area (Å²) in [5, 5.41) is 4.43. The van der Waals surface area contributed by atoms with Crippen LogP contribution in [0.4, 0.5) is 0 Å². The van der Waals surface area contributed by atoms with Crippen LogP contribution in [0.15, 0.2) is 42.9 Å². The van der Waals surface area contributed by atoms with E-state index in [1.165, 1.54) is 15.4 Å². The van der Waals surface area contributed by atoms with E-state index >= 15 is 0 Å². The third-order valence-electron chi connectivity index (χ3n) is 4.02. The monoisotopic (exact) mass is 341 g/mol. The molecule has 0 fully saturated rings. The zero-order valence-electron chi connectivity index (χ0n) is 13.5. The summed E-state index contributed by atoms with van der Waals surface area (Å²) >= 11 is 1.85. The summed E-state index contributed by atoms with van der Waals surface area (Å²) in [7, 11) is 0. The maximum absolute atomic E-state index is 6.01. The Bertz CT molecular complexity index is 800. The largest absolute Gasteiger partial charge is 0.457 e. The maximum atomic E-state index is 6.01. The second-order valence-corrected chi connectivity index (χ2v) is 7.33. The quantitative estimate of drug-likeness (QED) is 0.730. The summed E-state index contributed by atoms with van der Waals surface area (Å²) in [6.07, 6.45) is 5.22. The number of ether oxygens (including phenoxy) is 1. The number of hydrogen-bond acceptors (Lipinski definition) is 6. The molecular weight excluding hydrogens is 322 g/mol. The Labute approximate surface area is 144 Å². The first-order valence-electron chi connectivity index (χ1n) is 7.98. The Hall–Kier alpha value is -2.25. The van der Waals surface area contributed by atoms with Gasteiger partial charge in [-0.05, 0) is 31.2 Å². The van der Waals surface area contributed by atoms with Gasteiger partial charge in [0.1, 0.15) is 6.10 Å². The molecule has 0 aliphatic carbocycles. The zero-order chi connectivity index (χ0) is 16.4. The zero-order valence-corrected chi connectivity index (χ0v) is 14.3. The van der Waals surface area contributed by atoms with Crippen LogP contribution >= 0.6 is 11.3 Å². The van der Waals surface area contributed by atoms with Crippen molar-refractivity contribution in [2.75, 3.05) is 6.54 Å². The van der Waals surface area contributed by atoms with Crippen LogP contribution in [0.2, 0.25) is 0 Å². The third kappa shape index (κ3) is 3.47. The fourth-order valence-electron chi connectivity index (χ4n) is 2.97. The summed E-state index contributed by atoms with van der Waals surface area (Å²) in [4.78, 5) is 13.5. The Morgan fingerprint density at radius 2 is 2.04 bits per heavy atom. The molecule has 124 valence electrons. The molecule has 0 spiro atoms. The van der Waals surface area contributed by atoms with Crippen LogP contribution in [0.3, 0.4) is 0 Å². The summed E-state index contributed by atoms with van der Waals surface area (Å²) in [5.41, 5.74) is 1.21. The van der Waals surface area contributed by atoms with E-state index in [0.717, 1.165) is 19.6 Å². The van der Waals surface area contributed by atoms with Crippen molar-refractivity contribution in [3.63, 3.8) is 0 Å². The molecule has 0 radical (unpaired) electrons. The minimum Gasteiger partial charge on any atom is -0.457 e. The Morgan fingerprint density at radius 1 is 1.17 bits per heavy atom. The molecule has 3 aromatic rings. The van der Waals surface area contributed by atoms with Gasteiger partial charge in [-0.3, -0.25) is 9.58 Å². The molecule has 1 aliphatic heterocycles. The van der Waals surface area contributed by atoms with Crippen molar-refractivity contribution >= 4 is 11.3 Å². The van der Waals surface area contributed by atoms with E-state index in [9.17, 15) is 0 Å². The summed E-state index contributed by atoms with van der Waals surface area (Å²) < 4.78 is 8.03.